The molecule has 7 nitrogen and oxygen atoms in total. The van der Waals surface area contributed by atoms with Crippen molar-refractivity contribution in [1.82, 2.24) is 20.8 Å². The molecule has 0 bridgehead atoms. The molecule has 3 rings (SSSR count). The molecule has 1 fully saturated rings. The van der Waals surface area contributed by atoms with Gasteiger partial charge in [0.05, 0.1) is 11.1 Å². The topological polar surface area (TPSA) is 87.2 Å². The maximum Gasteiger partial charge on any atom is 0.273 e. The summed E-state index contributed by atoms with van der Waals surface area (Å²) >= 11 is 5.98. The first kappa shape index (κ1) is 21.9. The SMILES string of the molecule is Cc1ccc(C(=O)NNC(=O)c2ccc(C)nc2N2CCCC(F)(F)CC2)c(Cl)n1. The van der Waals surface area contributed by atoms with E-state index in [4.69, 9.17) is 11.6 Å². The maximum atomic E-state index is 13.7. The summed E-state index contributed by atoms with van der Waals surface area (Å²) in [7, 11) is 0. The highest BCUT2D eigenvalue weighted by Crippen LogP contribution is 2.30. The van der Waals surface area contributed by atoms with Crippen LogP contribution in [0, 0.1) is 13.8 Å². The molecule has 2 aromatic heterocycles. The van der Waals surface area contributed by atoms with Crippen LogP contribution in [0.25, 0.3) is 0 Å². The van der Waals surface area contributed by atoms with Gasteiger partial charge in [-0.05, 0) is 44.5 Å². The van der Waals surface area contributed by atoms with Crippen molar-refractivity contribution >= 4 is 29.2 Å². The van der Waals surface area contributed by atoms with Crippen molar-refractivity contribution in [2.24, 2.45) is 0 Å². The summed E-state index contributed by atoms with van der Waals surface area (Å²) in [6.07, 6.45) is -0.211. The van der Waals surface area contributed by atoms with Crippen molar-refractivity contribution < 1.29 is 18.4 Å². The molecule has 160 valence electrons. The van der Waals surface area contributed by atoms with E-state index in [1.54, 1.807) is 36.9 Å². The van der Waals surface area contributed by atoms with Crippen molar-refractivity contribution in [3.05, 3.63) is 51.9 Å². The van der Waals surface area contributed by atoms with Gasteiger partial charge in [0.25, 0.3) is 11.8 Å². The zero-order chi connectivity index (χ0) is 21.9. The molecule has 0 aromatic carbocycles. The normalized spacial score (nSPS) is 16.0. The molecular formula is C20H22ClF2N5O2. The summed E-state index contributed by atoms with van der Waals surface area (Å²) in [6, 6.07) is 6.33. The number of hydrazine groups is 1. The van der Waals surface area contributed by atoms with Gasteiger partial charge >= 0.3 is 0 Å². The number of pyridine rings is 2. The number of aromatic nitrogens is 2. The van der Waals surface area contributed by atoms with Crippen molar-refractivity contribution in [1.29, 1.82) is 0 Å². The van der Waals surface area contributed by atoms with Crippen LogP contribution in [0.5, 0.6) is 0 Å². The molecular weight excluding hydrogens is 416 g/mol. The lowest BCUT2D eigenvalue weighted by molar-refractivity contribution is -0.0102. The molecule has 2 N–H and O–H groups in total. The molecule has 0 aliphatic carbocycles. The summed E-state index contributed by atoms with van der Waals surface area (Å²) in [4.78, 5) is 35.1. The Bertz CT molecular complexity index is 970. The van der Waals surface area contributed by atoms with Crippen molar-refractivity contribution in [2.75, 3.05) is 18.0 Å². The van der Waals surface area contributed by atoms with Crippen molar-refractivity contribution in [3.63, 3.8) is 0 Å². The molecule has 2 amide bonds. The fourth-order valence-electron chi connectivity index (χ4n) is 3.18. The zero-order valence-electron chi connectivity index (χ0n) is 16.6. The number of hydrogen-bond acceptors (Lipinski definition) is 5. The molecule has 1 saturated heterocycles. The number of nitrogens with zero attached hydrogens (tertiary/aromatic N) is 3. The second kappa shape index (κ2) is 8.91. The number of nitrogens with one attached hydrogen (secondary N) is 2. The minimum atomic E-state index is -2.73. The third-order valence-corrected chi connectivity index (χ3v) is 5.09. The van der Waals surface area contributed by atoms with E-state index in [1.165, 1.54) is 6.07 Å². The Hall–Kier alpha value is -2.81. The number of aryl methyl sites for hydroxylation is 2. The first-order chi connectivity index (χ1) is 14.2. The van der Waals surface area contributed by atoms with Gasteiger partial charge in [0.2, 0.25) is 5.92 Å². The number of anilines is 1. The highest BCUT2D eigenvalue weighted by molar-refractivity contribution is 6.32. The Labute approximate surface area is 177 Å². The van der Waals surface area contributed by atoms with E-state index in [0.29, 0.717) is 30.2 Å². The lowest BCUT2D eigenvalue weighted by atomic mass is 10.1. The average molecular weight is 438 g/mol. The summed E-state index contributed by atoms with van der Waals surface area (Å²) in [6.45, 7) is 3.94. The molecule has 30 heavy (non-hydrogen) atoms. The van der Waals surface area contributed by atoms with Crippen LogP contribution in [-0.2, 0) is 0 Å². The van der Waals surface area contributed by atoms with Gasteiger partial charge in [0, 0.05) is 37.3 Å². The standard InChI is InChI=1S/C20H22ClF2N5O2/c1-12-4-6-14(16(21)24-12)18(29)26-27-19(30)15-7-5-13(2)25-17(15)28-10-3-8-20(22,23)9-11-28/h4-7H,3,8-11H2,1-2H3,(H,26,29)(H,27,30). The van der Waals surface area contributed by atoms with E-state index in [2.05, 4.69) is 20.8 Å². The summed E-state index contributed by atoms with van der Waals surface area (Å²) in [5.41, 5.74) is 6.22. The van der Waals surface area contributed by atoms with Crippen LogP contribution in [0.15, 0.2) is 24.3 Å². The predicted molar refractivity (Wildman–Crippen MR) is 109 cm³/mol. The lowest BCUT2D eigenvalue weighted by Crippen LogP contribution is -2.42. The van der Waals surface area contributed by atoms with Crippen LogP contribution in [-0.4, -0.2) is 40.8 Å². The summed E-state index contributed by atoms with van der Waals surface area (Å²) < 4.78 is 27.5. The number of halogens is 3. The smallest absolute Gasteiger partial charge is 0.273 e. The minimum Gasteiger partial charge on any atom is -0.356 e. The molecule has 10 heteroatoms. The largest absolute Gasteiger partial charge is 0.356 e. The van der Waals surface area contributed by atoms with E-state index >= 15 is 0 Å². The van der Waals surface area contributed by atoms with Crippen LogP contribution < -0.4 is 15.8 Å². The Kier molecular flexibility index (Phi) is 6.50. The van der Waals surface area contributed by atoms with E-state index in [0.717, 1.165) is 0 Å². The first-order valence-corrected chi connectivity index (χ1v) is 9.88. The Morgan fingerprint density at radius 3 is 2.23 bits per heavy atom. The van der Waals surface area contributed by atoms with E-state index in [-0.39, 0.29) is 35.7 Å². The van der Waals surface area contributed by atoms with E-state index in [9.17, 15) is 18.4 Å². The van der Waals surface area contributed by atoms with Gasteiger partial charge in [-0.15, -0.1) is 0 Å². The van der Waals surface area contributed by atoms with Gasteiger partial charge in [0.1, 0.15) is 11.0 Å². The second-order valence-electron chi connectivity index (χ2n) is 7.22. The van der Waals surface area contributed by atoms with Crippen LogP contribution in [0.1, 0.15) is 51.4 Å². The predicted octanol–water partition coefficient (Wildman–Crippen LogP) is 3.45. The monoisotopic (exact) mass is 437 g/mol. The summed E-state index contributed by atoms with van der Waals surface area (Å²) in [5.74, 6) is -3.65. The number of carbonyl (C=O) groups excluding carboxylic acids is 2. The quantitative estimate of drug-likeness (QED) is 0.567. The third-order valence-electron chi connectivity index (χ3n) is 4.80. The molecule has 2 aromatic rings. The number of hydrogen-bond donors (Lipinski definition) is 2. The molecule has 0 spiro atoms. The van der Waals surface area contributed by atoms with Gasteiger partial charge in [-0.3, -0.25) is 20.4 Å². The van der Waals surface area contributed by atoms with Crippen LogP contribution in [0.2, 0.25) is 5.15 Å². The van der Waals surface area contributed by atoms with Gasteiger partial charge in [0.15, 0.2) is 0 Å². The Balaban J connectivity index is 1.75. The van der Waals surface area contributed by atoms with Crippen molar-refractivity contribution in [3.8, 4) is 0 Å². The number of carbonyl (C=O) groups is 2. The molecule has 0 unspecified atom stereocenters. The molecule has 1 aliphatic rings. The second-order valence-corrected chi connectivity index (χ2v) is 7.58. The lowest BCUT2D eigenvalue weighted by Gasteiger charge is -2.24. The fraction of sp³-hybridized carbons (Fsp3) is 0.400. The molecule has 0 atom stereocenters. The molecule has 3 heterocycles. The van der Waals surface area contributed by atoms with E-state index < -0.39 is 17.7 Å². The maximum absolute atomic E-state index is 13.7. The first-order valence-electron chi connectivity index (χ1n) is 9.50. The van der Waals surface area contributed by atoms with Crippen molar-refractivity contribution in [2.45, 2.75) is 39.0 Å². The number of alkyl halides is 2. The third kappa shape index (κ3) is 5.21. The molecule has 1 aliphatic heterocycles. The average Bonchev–Trinajstić information content (AvgIpc) is 2.86. The highest BCUT2D eigenvalue weighted by Gasteiger charge is 2.33. The molecule has 0 saturated carbocycles. The van der Waals surface area contributed by atoms with Gasteiger partial charge in [-0.25, -0.2) is 18.7 Å². The fourth-order valence-corrected chi connectivity index (χ4v) is 3.46. The van der Waals surface area contributed by atoms with Crippen LogP contribution >= 0.6 is 11.6 Å². The number of amides is 2. The van der Waals surface area contributed by atoms with Gasteiger partial charge in [-0.2, -0.15) is 0 Å². The summed E-state index contributed by atoms with van der Waals surface area (Å²) in [5, 5.41) is 0.0185. The Morgan fingerprint density at radius 2 is 1.57 bits per heavy atom. The number of rotatable bonds is 3. The minimum absolute atomic E-state index is 0.0185. The zero-order valence-corrected chi connectivity index (χ0v) is 17.4. The Morgan fingerprint density at radius 1 is 0.967 bits per heavy atom. The van der Waals surface area contributed by atoms with E-state index in [1.807, 2.05) is 0 Å². The highest BCUT2D eigenvalue weighted by atomic mass is 35.5. The van der Waals surface area contributed by atoms with Crippen LogP contribution in [0.3, 0.4) is 0 Å². The van der Waals surface area contributed by atoms with Gasteiger partial charge in [-0.1, -0.05) is 11.6 Å². The molecule has 0 radical (unpaired) electrons. The van der Waals surface area contributed by atoms with Crippen LogP contribution in [0.4, 0.5) is 14.6 Å². The van der Waals surface area contributed by atoms with Gasteiger partial charge < -0.3 is 4.90 Å².